The van der Waals surface area contributed by atoms with Crippen molar-refractivity contribution >= 4 is 22.6 Å². The number of hydrogen-bond acceptors (Lipinski definition) is 8. The summed E-state index contributed by atoms with van der Waals surface area (Å²) in [5.41, 5.74) is 2.15. The van der Waals surface area contributed by atoms with E-state index in [4.69, 9.17) is 14.5 Å². The number of carbonyl (C=O) groups excluding carboxylic acids is 1. The van der Waals surface area contributed by atoms with Crippen molar-refractivity contribution in [2.75, 3.05) is 44.4 Å². The van der Waals surface area contributed by atoms with Gasteiger partial charge in [0.05, 0.1) is 0 Å². The maximum Gasteiger partial charge on any atom is 0.245 e. The van der Waals surface area contributed by atoms with E-state index in [0.717, 1.165) is 74.3 Å². The predicted molar refractivity (Wildman–Crippen MR) is 134 cm³/mol. The lowest BCUT2D eigenvalue weighted by Gasteiger charge is -2.37. The van der Waals surface area contributed by atoms with Crippen molar-refractivity contribution in [3.8, 4) is 11.5 Å². The molecule has 36 heavy (non-hydrogen) atoms. The minimum Gasteiger partial charge on any atom is -0.454 e. The number of fused-ring (bicyclic) bond motifs is 1. The van der Waals surface area contributed by atoms with Crippen molar-refractivity contribution in [2.24, 2.45) is 0 Å². The van der Waals surface area contributed by atoms with Crippen LogP contribution >= 0.6 is 11.5 Å². The molecule has 1 unspecified atom stereocenters. The zero-order chi connectivity index (χ0) is 24.5. The fourth-order valence-corrected chi connectivity index (χ4v) is 5.87. The van der Waals surface area contributed by atoms with Crippen LogP contribution in [0.15, 0.2) is 42.5 Å². The molecule has 0 aliphatic carbocycles. The van der Waals surface area contributed by atoms with Gasteiger partial charge in [-0.3, -0.25) is 9.69 Å². The summed E-state index contributed by atoms with van der Waals surface area (Å²) in [4.78, 5) is 24.7. The van der Waals surface area contributed by atoms with Crippen molar-refractivity contribution in [2.45, 2.75) is 31.8 Å². The Kier molecular flexibility index (Phi) is 6.45. The minimum absolute atomic E-state index is 0.183. The van der Waals surface area contributed by atoms with Crippen molar-refractivity contribution in [3.63, 3.8) is 0 Å². The van der Waals surface area contributed by atoms with Gasteiger partial charge in [0.2, 0.25) is 17.8 Å². The predicted octanol–water partition coefficient (Wildman–Crippen LogP) is 3.31. The Bertz CT molecular complexity index is 1230. The number of carbonyl (C=O) groups is 1. The molecule has 1 aromatic heterocycles. The fraction of sp³-hybridized carbons (Fsp3) is 0.423. The second-order valence-corrected chi connectivity index (χ2v) is 10.2. The highest BCUT2D eigenvalue weighted by atomic mass is 32.1. The number of benzene rings is 2. The van der Waals surface area contributed by atoms with Gasteiger partial charge in [-0.25, -0.2) is 9.37 Å². The molecule has 3 aliphatic heterocycles. The molecule has 3 aromatic rings. The third-order valence-electron chi connectivity index (χ3n) is 7.04. The number of nitrogens with zero attached hydrogens (tertiary/aromatic N) is 5. The van der Waals surface area contributed by atoms with Gasteiger partial charge in [-0.1, -0.05) is 18.2 Å². The van der Waals surface area contributed by atoms with E-state index in [-0.39, 0.29) is 24.6 Å². The van der Waals surface area contributed by atoms with E-state index in [1.54, 1.807) is 12.1 Å². The summed E-state index contributed by atoms with van der Waals surface area (Å²) >= 11 is 1.34. The quantitative estimate of drug-likeness (QED) is 0.505. The molecule has 2 fully saturated rings. The third kappa shape index (κ3) is 4.87. The minimum atomic E-state index is -0.252. The van der Waals surface area contributed by atoms with Crippen LogP contribution in [-0.4, -0.2) is 70.6 Å². The van der Waals surface area contributed by atoms with Gasteiger partial charge in [-0.05, 0) is 48.2 Å². The van der Waals surface area contributed by atoms with Gasteiger partial charge in [-0.2, -0.15) is 4.37 Å². The molecule has 10 heteroatoms. The van der Waals surface area contributed by atoms with Crippen LogP contribution in [0, 0.1) is 5.82 Å². The number of piperazine rings is 1. The van der Waals surface area contributed by atoms with Crippen molar-refractivity contribution in [3.05, 3.63) is 65.2 Å². The van der Waals surface area contributed by atoms with Crippen molar-refractivity contribution in [1.82, 2.24) is 19.2 Å². The summed E-state index contributed by atoms with van der Waals surface area (Å²) in [6.45, 7) is 5.05. The lowest BCUT2D eigenvalue weighted by atomic mass is 10.1. The van der Waals surface area contributed by atoms with E-state index < -0.39 is 0 Å². The van der Waals surface area contributed by atoms with Gasteiger partial charge in [0.15, 0.2) is 11.5 Å². The van der Waals surface area contributed by atoms with Crippen LogP contribution in [0.1, 0.15) is 29.8 Å². The van der Waals surface area contributed by atoms with Gasteiger partial charge < -0.3 is 19.3 Å². The van der Waals surface area contributed by atoms with Crippen LogP contribution in [0.25, 0.3) is 0 Å². The highest BCUT2D eigenvalue weighted by Gasteiger charge is 2.36. The van der Waals surface area contributed by atoms with E-state index in [2.05, 4.69) is 20.2 Å². The van der Waals surface area contributed by atoms with Crippen LogP contribution in [0.3, 0.4) is 0 Å². The molecule has 0 radical (unpaired) electrons. The summed E-state index contributed by atoms with van der Waals surface area (Å²) in [5.74, 6) is 2.24. The molecule has 1 atom stereocenters. The first-order chi connectivity index (χ1) is 17.6. The zero-order valence-corrected chi connectivity index (χ0v) is 20.8. The molecule has 188 valence electrons. The highest BCUT2D eigenvalue weighted by Crippen LogP contribution is 2.33. The Morgan fingerprint density at radius 1 is 1.00 bits per heavy atom. The number of aromatic nitrogens is 2. The molecule has 6 rings (SSSR count). The van der Waals surface area contributed by atoms with E-state index in [1.807, 2.05) is 17.0 Å². The van der Waals surface area contributed by atoms with E-state index in [1.165, 1.54) is 29.2 Å². The standard InChI is InChI=1S/C26H28FN5O3S/c27-20-6-3-18(4-7-20)15-24-28-26(36-29-24)32-9-1-2-21(32)25(33)31-12-10-30(11-13-31)16-19-5-8-22-23(14-19)35-17-34-22/h3-8,14,21H,1-2,9-13,15-17H2. The Labute approximate surface area is 213 Å². The second-order valence-electron chi connectivity index (χ2n) is 9.44. The molecule has 0 N–H and O–H groups in total. The van der Waals surface area contributed by atoms with Gasteiger partial charge >= 0.3 is 0 Å². The number of amides is 1. The summed E-state index contributed by atoms with van der Waals surface area (Å²) in [6, 6.07) is 12.3. The number of rotatable bonds is 6. The maximum atomic E-state index is 13.5. The number of halogens is 1. The number of anilines is 1. The largest absolute Gasteiger partial charge is 0.454 e. The van der Waals surface area contributed by atoms with Crippen LogP contribution < -0.4 is 14.4 Å². The summed E-state index contributed by atoms with van der Waals surface area (Å²) in [7, 11) is 0. The zero-order valence-electron chi connectivity index (χ0n) is 19.9. The lowest BCUT2D eigenvalue weighted by molar-refractivity contribution is -0.134. The molecule has 3 aliphatic rings. The molecule has 1 amide bonds. The maximum absolute atomic E-state index is 13.5. The Balaban J connectivity index is 1.04. The Morgan fingerprint density at radius 2 is 1.78 bits per heavy atom. The van der Waals surface area contributed by atoms with Gasteiger partial charge in [-0.15, -0.1) is 0 Å². The molecule has 4 heterocycles. The molecule has 8 nitrogen and oxygen atoms in total. The number of hydrogen-bond donors (Lipinski definition) is 0. The normalized spacial score (nSPS) is 19.8. The molecule has 0 spiro atoms. The first-order valence-electron chi connectivity index (χ1n) is 12.4. The average Bonchev–Trinajstić information content (AvgIpc) is 3.66. The molecule has 0 bridgehead atoms. The van der Waals surface area contributed by atoms with Crippen molar-refractivity contribution < 1.29 is 18.7 Å². The molecule has 2 saturated heterocycles. The smallest absolute Gasteiger partial charge is 0.245 e. The Hall–Kier alpha value is -3.24. The molecular formula is C26H28FN5O3S. The topological polar surface area (TPSA) is 71.0 Å². The van der Waals surface area contributed by atoms with E-state index >= 15 is 0 Å². The monoisotopic (exact) mass is 509 g/mol. The summed E-state index contributed by atoms with van der Waals surface area (Å²) < 4.78 is 28.6. The van der Waals surface area contributed by atoms with Crippen LogP contribution in [0.2, 0.25) is 0 Å². The van der Waals surface area contributed by atoms with Gasteiger partial charge in [0.1, 0.15) is 17.7 Å². The first-order valence-corrected chi connectivity index (χ1v) is 13.1. The van der Waals surface area contributed by atoms with E-state index in [0.29, 0.717) is 12.2 Å². The molecule has 2 aromatic carbocycles. The highest BCUT2D eigenvalue weighted by molar-refractivity contribution is 7.09. The van der Waals surface area contributed by atoms with Crippen LogP contribution in [0.5, 0.6) is 11.5 Å². The lowest BCUT2D eigenvalue weighted by Crippen LogP contribution is -2.53. The van der Waals surface area contributed by atoms with Crippen molar-refractivity contribution in [1.29, 1.82) is 0 Å². The molecule has 0 saturated carbocycles. The van der Waals surface area contributed by atoms with Crippen LogP contribution in [0.4, 0.5) is 9.52 Å². The summed E-state index contributed by atoms with van der Waals surface area (Å²) in [5, 5.41) is 0.796. The SMILES string of the molecule is O=C(C1CCCN1c1nc(Cc2ccc(F)cc2)ns1)N1CCN(Cc2ccc3c(c2)OCO3)CC1. The van der Waals surface area contributed by atoms with Gasteiger partial charge in [0, 0.05) is 57.2 Å². The molecular weight excluding hydrogens is 481 g/mol. The fourth-order valence-electron chi connectivity index (χ4n) is 5.11. The van der Waals surface area contributed by atoms with E-state index in [9.17, 15) is 9.18 Å². The van der Waals surface area contributed by atoms with Crippen LogP contribution in [-0.2, 0) is 17.8 Å². The third-order valence-corrected chi connectivity index (χ3v) is 7.83. The average molecular weight is 510 g/mol. The summed E-state index contributed by atoms with van der Waals surface area (Å²) in [6.07, 6.45) is 2.35. The van der Waals surface area contributed by atoms with Gasteiger partial charge in [0.25, 0.3) is 0 Å². The Morgan fingerprint density at radius 3 is 2.61 bits per heavy atom. The first kappa shape index (κ1) is 23.2. The number of ether oxygens (including phenoxy) is 2. The second kappa shape index (κ2) is 10.0.